The number of nitrogens with zero attached hydrogens (tertiary/aromatic N) is 1. The van der Waals surface area contributed by atoms with Gasteiger partial charge >= 0.3 is 0 Å². The Hall–Kier alpha value is -2.09. The van der Waals surface area contributed by atoms with Crippen molar-refractivity contribution in [1.82, 2.24) is 4.98 Å². The molecule has 0 atom stereocenters. The van der Waals surface area contributed by atoms with Gasteiger partial charge in [-0.3, -0.25) is 0 Å². The number of oxazole rings is 1. The van der Waals surface area contributed by atoms with Crippen molar-refractivity contribution in [2.45, 2.75) is 13.3 Å². The molecule has 0 fully saturated rings. The Labute approximate surface area is 99.9 Å². The summed E-state index contributed by atoms with van der Waals surface area (Å²) in [4.78, 5) is 4.22. The minimum atomic E-state index is 0.749. The molecular weight excluding hydrogens is 210 g/mol. The third-order valence-corrected chi connectivity index (χ3v) is 2.84. The van der Waals surface area contributed by atoms with Crippen molar-refractivity contribution in [2.75, 3.05) is 0 Å². The minimum absolute atomic E-state index is 0.749. The topological polar surface area (TPSA) is 26.0 Å². The Bertz CT molecular complexity index is 655. The molecule has 0 amide bonds. The van der Waals surface area contributed by atoms with Crippen LogP contribution >= 0.6 is 0 Å². The van der Waals surface area contributed by atoms with Crippen molar-refractivity contribution in [1.29, 1.82) is 0 Å². The fraction of sp³-hybridized carbons (Fsp3) is 0.133. The second-order valence-corrected chi connectivity index (χ2v) is 4.22. The van der Waals surface area contributed by atoms with Gasteiger partial charge in [0, 0.05) is 6.42 Å². The first kappa shape index (κ1) is 10.1. The SMILES string of the molecule is Cc1cnc(Cc2ccc3ccccc3c2)o1. The summed E-state index contributed by atoms with van der Waals surface area (Å²) in [6, 6.07) is 14.8. The Morgan fingerprint density at radius 3 is 2.65 bits per heavy atom. The van der Waals surface area contributed by atoms with E-state index in [1.54, 1.807) is 6.20 Å². The number of aryl methyl sites for hydroxylation is 1. The van der Waals surface area contributed by atoms with Crippen LogP contribution in [-0.4, -0.2) is 4.98 Å². The molecule has 84 valence electrons. The Morgan fingerprint density at radius 1 is 1.06 bits per heavy atom. The van der Waals surface area contributed by atoms with Gasteiger partial charge in [0.2, 0.25) is 0 Å². The second kappa shape index (κ2) is 4.06. The van der Waals surface area contributed by atoms with E-state index in [1.165, 1.54) is 16.3 Å². The molecule has 0 spiro atoms. The molecule has 3 aromatic rings. The van der Waals surface area contributed by atoms with Crippen LogP contribution in [0.4, 0.5) is 0 Å². The lowest BCUT2D eigenvalue weighted by Gasteiger charge is -2.01. The van der Waals surface area contributed by atoms with Crippen LogP contribution in [0.3, 0.4) is 0 Å². The number of aromatic nitrogens is 1. The zero-order chi connectivity index (χ0) is 11.7. The number of benzene rings is 2. The van der Waals surface area contributed by atoms with Crippen molar-refractivity contribution in [3.8, 4) is 0 Å². The van der Waals surface area contributed by atoms with Crippen molar-refractivity contribution >= 4 is 10.8 Å². The highest BCUT2D eigenvalue weighted by atomic mass is 16.3. The molecule has 0 radical (unpaired) electrons. The van der Waals surface area contributed by atoms with Gasteiger partial charge in [-0.25, -0.2) is 4.98 Å². The summed E-state index contributed by atoms with van der Waals surface area (Å²) in [5, 5.41) is 2.52. The van der Waals surface area contributed by atoms with Gasteiger partial charge in [-0.1, -0.05) is 42.5 Å². The molecule has 0 saturated carbocycles. The fourth-order valence-corrected chi connectivity index (χ4v) is 2.01. The summed E-state index contributed by atoms with van der Waals surface area (Å²) in [5.41, 5.74) is 1.23. The van der Waals surface area contributed by atoms with Crippen LogP contribution in [0, 0.1) is 6.92 Å². The van der Waals surface area contributed by atoms with Crippen molar-refractivity contribution in [3.63, 3.8) is 0 Å². The molecule has 2 aromatic carbocycles. The maximum atomic E-state index is 5.49. The maximum Gasteiger partial charge on any atom is 0.198 e. The van der Waals surface area contributed by atoms with Crippen LogP contribution < -0.4 is 0 Å². The van der Waals surface area contributed by atoms with E-state index < -0.39 is 0 Å². The van der Waals surface area contributed by atoms with Gasteiger partial charge in [0.05, 0.1) is 6.20 Å². The maximum absolute atomic E-state index is 5.49. The molecule has 2 heteroatoms. The van der Waals surface area contributed by atoms with E-state index in [9.17, 15) is 0 Å². The summed E-state index contributed by atoms with van der Waals surface area (Å²) < 4.78 is 5.49. The third kappa shape index (κ3) is 2.07. The fourth-order valence-electron chi connectivity index (χ4n) is 2.01. The van der Waals surface area contributed by atoms with E-state index in [2.05, 4.69) is 47.4 Å². The van der Waals surface area contributed by atoms with E-state index in [4.69, 9.17) is 4.42 Å². The quantitative estimate of drug-likeness (QED) is 0.661. The average molecular weight is 223 g/mol. The molecule has 0 aliphatic rings. The lowest BCUT2D eigenvalue weighted by molar-refractivity contribution is 0.481. The molecule has 0 N–H and O–H groups in total. The van der Waals surface area contributed by atoms with Crippen LogP contribution in [0.25, 0.3) is 10.8 Å². The van der Waals surface area contributed by atoms with E-state index >= 15 is 0 Å². The Balaban J connectivity index is 1.95. The summed E-state index contributed by atoms with van der Waals surface area (Å²) in [5.74, 6) is 1.64. The second-order valence-electron chi connectivity index (χ2n) is 4.22. The highest BCUT2D eigenvalue weighted by Crippen LogP contribution is 2.17. The number of hydrogen-bond donors (Lipinski definition) is 0. The molecule has 0 aliphatic carbocycles. The lowest BCUT2D eigenvalue weighted by atomic mass is 10.1. The van der Waals surface area contributed by atoms with Crippen molar-refractivity contribution in [3.05, 3.63) is 65.9 Å². The Kier molecular flexibility index (Phi) is 2.41. The highest BCUT2D eigenvalue weighted by Gasteiger charge is 2.03. The van der Waals surface area contributed by atoms with E-state index in [1.807, 2.05) is 6.92 Å². The van der Waals surface area contributed by atoms with Gasteiger partial charge in [0.25, 0.3) is 0 Å². The van der Waals surface area contributed by atoms with Gasteiger partial charge in [0.1, 0.15) is 5.76 Å². The van der Waals surface area contributed by atoms with Crippen LogP contribution in [0.2, 0.25) is 0 Å². The molecule has 3 rings (SSSR count). The molecule has 0 bridgehead atoms. The number of rotatable bonds is 2. The van der Waals surface area contributed by atoms with Crippen molar-refractivity contribution in [2.24, 2.45) is 0 Å². The zero-order valence-corrected chi connectivity index (χ0v) is 9.68. The van der Waals surface area contributed by atoms with Gasteiger partial charge in [0.15, 0.2) is 5.89 Å². The van der Waals surface area contributed by atoms with Gasteiger partial charge in [-0.2, -0.15) is 0 Å². The molecule has 0 aliphatic heterocycles. The minimum Gasteiger partial charge on any atom is -0.446 e. The third-order valence-electron chi connectivity index (χ3n) is 2.84. The van der Waals surface area contributed by atoms with Gasteiger partial charge in [-0.15, -0.1) is 0 Å². The largest absolute Gasteiger partial charge is 0.446 e. The molecule has 1 aromatic heterocycles. The smallest absolute Gasteiger partial charge is 0.198 e. The molecule has 0 saturated heterocycles. The van der Waals surface area contributed by atoms with Crippen molar-refractivity contribution < 1.29 is 4.42 Å². The molecule has 2 nitrogen and oxygen atoms in total. The van der Waals surface area contributed by atoms with E-state index in [-0.39, 0.29) is 0 Å². The van der Waals surface area contributed by atoms with Gasteiger partial charge in [-0.05, 0) is 23.3 Å². The standard InChI is InChI=1S/C15H13NO/c1-11-10-16-15(17-11)9-12-6-7-13-4-2-3-5-14(13)8-12/h2-8,10H,9H2,1H3. The summed E-state index contributed by atoms with van der Waals surface area (Å²) in [7, 11) is 0. The molecule has 17 heavy (non-hydrogen) atoms. The highest BCUT2D eigenvalue weighted by molar-refractivity contribution is 5.83. The average Bonchev–Trinajstić information content (AvgIpc) is 2.75. The van der Waals surface area contributed by atoms with Gasteiger partial charge < -0.3 is 4.42 Å². The van der Waals surface area contributed by atoms with Crippen LogP contribution in [-0.2, 0) is 6.42 Å². The molecule has 0 unspecified atom stereocenters. The van der Waals surface area contributed by atoms with E-state index in [0.29, 0.717) is 0 Å². The monoisotopic (exact) mass is 223 g/mol. The first-order chi connectivity index (χ1) is 8.31. The molecule has 1 heterocycles. The predicted molar refractivity (Wildman–Crippen MR) is 68.0 cm³/mol. The predicted octanol–water partition coefficient (Wildman–Crippen LogP) is 3.73. The van der Waals surface area contributed by atoms with Crippen LogP contribution in [0.5, 0.6) is 0 Å². The zero-order valence-electron chi connectivity index (χ0n) is 9.68. The summed E-state index contributed by atoms with van der Waals surface area (Å²) in [6.07, 6.45) is 2.51. The number of hydrogen-bond acceptors (Lipinski definition) is 2. The lowest BCUT2D eigenvalue weighted by Crippen LogP contribution is -1.87. The first-order valence-corrected chi connectivity index (χ1v) is 5.70. The summed E-state index contributed by atoms with van der Waals surface area (Å²) >= 11 is 0. The normalized spacial score (nSPS) is 10.9. The van der Waals surface area contributed by atoms with Crippen LogP contribution in [0.15, 0.2) is 53.1 Å². The first-order valence-electron chi connectivity index (χ1n) is 5.70. The Morgan fingerprint density at radius 2 is 1.88 bits per heavy atom. The number of fused-ring (bicyclic) bond motifs is 1. The summed E-state index contributed by atoms with van der Waals surface area (Å²) in [6.45, 7) is 1.91. The van der Waals surface area contributed by atoms with Crippen LogP contribution in [0.1, 0.15) is 17.2 Å². The van der Waals surface area contributed by atoms with E-state index in [0.717, 1.165) is 18.1 Å². The molecular formula is C15H13NO.